The van der Waals surface area contributed by atoms with Gasteiger partial charge in [-0.25, -0.2) is 0 Å². The fourth-order valence-corrected chi connectivity index (χ4v) is 8.27. The second kappa shape index (κ2) is 10.4. The first-order valence-corrected chi connectivity index (χ1v) is 17.1. The molecule has 50 heavy (non-hydrogen) atoms. The van der Waals surface area contributed by atoms with Crippen LogP contribution in [0.2, 0.25) is 0 Å². The monoisotopic (exact) mass is 632 g/mol. The Hall–Kier alpha value is -6.64. The molecule has 11 aromatic rings. The van der Waals surface area contributed by atoms with Gasteiger partial charge < -0.3 is 0 Å². The van der Waals surface area contributed by atoms with E-state index in [2.05, 4.69) is 157 Å². The molecule has 9 aromatic carbocycles. The Morgan fingerprint density at radius 1 is 0.300 bits per heavy atom. The van der Waals surface area contributed by atoms with Crippen molar-refractivity contribution >= 4 is 75.5 Å². The van der Waals surface area contributed by atoms with Crippen LogP contribution in [-0.4, -0.2) is 9.97 Å². The van der Waals surface area contributed by atoms with Gasteiger partial charge in [0.25, 0.3) is 0 Å². The Balaban J connectivity index is 1.08. The molecular weight excluding hydrogens is 605 g/mol. The molecule has 0 amide bonds. The van der Waals surface area contributed by atoms with Crippen LogP contribution in [0.4, 0.5) is 0 Å². The first-order valence-electron chi connectivity index (χ1n) is 17.1. The predicted octanol–water partition coefficient (Wildman–Crippen LogP) is 13.0. The van der Waals surface area contributed by atoms with Crippen molar-refractivity contribution in [3.8, 4) is 33.5 Å². The van der Waals surface area contributed by atoms with Crippen LogP contribution in [0.5, 0.6) is 0 Å². The Labute approximate surface area is 288 Å². The van der Waals surface area contributed by atoms with E-state index in [0.717, 1.165) is 33.3 Å². The van der Waals surface area contributed by atoms with E-state index in [4.69, 9.17) is 4.98 Å². The summed E-state index contributed by atoms with van der Waals surface area (Å²) < 4.78 is 0. The van der Waals surface area contributed by atoms with Gasteiger partial charge >= 0.3 is 0 Å². The lowest BCUT2D eigenvalue weighted by atomic mass is 9.86. The molecule has 11 rings (SSSR count). The van der Waals surface area contributed by atoms with Gasteiger partial charge in [0, 0.05) is 28.9 Å². The Morgan fingerprint density at radius 3 is 1.50 bits per heavy atom. The van der Waals surface area contributed by atoms with Crippen LogP contribution in [0.1, 0.15) is 0 Å². The third kappa shape index (κ3) is 4.03. The van der Waals surface area contributed by atoms with Crippen molar-refractivity contribution in [3.05, 3.63) is 170 Å². The van der Waals surface area contributed by atoms with Crippen molar-refractivity contribution in [2.75, 3.05) is 0 Å². The highest BCUT2D eigenvalue weighted by Gasteiger charge is 2.16. The van der Waals surface area contributed by atoms with Crippen LogP contribution in [0, 0.1) is 0 Å². The van der Waals surface area contributed by atoms with Gasteiger partial charge in [-0.15, -0.1) is 0 Å². The predicted molar refractivity (Wildman–Crippen MR) is 212 cm³/mol. The smallest absolute Gasteiger partial charge is 0.0702 e. The van der Waals surface area contributed by atoms with E-state index in [0.29, 0.717) is 0 Å². The van der Waals surface area contributed by atoms with Crippen LogP contribution in [0.3, 0.4) is 0 Å². The maximum Gasteiger partial charge on any atom is 0.0702 e. The molecule has 0 unspecified atom stereocenters. The van der Waals surface area contributed by atoms with E-state index in [1.807, 2.05) is 18.5 Å². The maximum atomic E-state index is 4.87. The molecule has 0 saturated heterocycles. The number of pyridine rings is 2. The van der Waals surface area contributed by atoms with E-state index < -0.39 is 0 Å². The van der Waals surface area contributed by atoms with Crippen LogP contribution >= 0.6 is 0 Å². The molecule has 0 aliphatic rings. The zero-order valence-electron chi connectivity index (χ0n) is 27.1. The van der Waals surface area contributed by atoms with Crippen molar-refractivity contribution in [1.29, 1.82) is 0 Å². The summed E-state index contributed by atoms with van der Waals surface area (Å²) >= 11 is 0. The number of benzene rings is 8. The molecule has 0 atom stereocenters. The summed E-state index contributed by atoms with van der Waals surface area (Å²) in [5, 5.41) is 16.7. The van der Waals surface area contributed by atoms with Gasteiger partial charge in [-0.05, 0) is 118 Å². The fourth-order valence-electron chi connectivity index (χ4n) is 8.27. The molecule has 230 valence electrons. The summed E-state index contributed by atoms with van der Waals surface area (Å²) in [5.41, 5.74) is 7.70. The van der Waals surface area contributed by atoms with Gasteiger partial charge in [0.1, 0.15) is 0 Å². The summed E-state index contributed by atoms with van der Waals surface area (Å²) in [7, 11) is 0. The van der Waals surface area contributed by atoms with Crippen LogP contribution in [-0.2, 0) is 0 Å². The number of fused-ring (bicyclic) bond motifs is 3. The van der Waals surface area contributed by atoms with Crippen LogP contribution in [0.25, 0.3) is 109 Å². The molecule has 2 heteroatoms. The summed E-state index contributed by atoms with van der Waals surface area (Å²) in [6.07, 6.45) is 3.80. The lowest BCUT2D eigenvalue weighted by Crippen LogP contribution is -1.89. The molecule has 0 bridgehead atoms. The molecular formula is C48H28N2. The van der Waals surface area contributed by atoms with E-state index in [-0.39, 0.29) is 0 Å². The van der Waals surface area contributed by atoms with Crippen molar-refractivity contribution in [3.63, 3.8) is 0 Å². The summed E-state index contributed by atoms with van der Waals surface area (Å²) in [6.45, 7) is 0. The van der Waals surface area contributed by atoms with Gasteiger partial charge in [-0.1, -0.05) is 121 Å². The highest BCUT2D eigenvalue weighted by molar-refractivity contribution is 6.37. The number of nitrogens with zero attached hydrogens (tertiary/aromatic N) is 2. The average Bonchev–Trinajstić information content (AvgIpc) is 3.19. The molecule has 2 aromatic heterocycles. The SMILES string of the molecule is c1cnc2ccc(-c3ccc(-c4ccc(-c5cc6ccc7cccc8c9cccc%10ccc%11cccc(c(c5)c6c78)c%11c%109)cc4)nc3)cc2c1. The van der Waals surface area contributed by atoms with E-state index >= 15 is 0 Å². The molecule has 0 aliphatic heterocycles. The summed E-state index contributed by atoms with van der Waals surface area (Å²) in [6, 6.07) is 57.8. The van der Waals surface area contributed by atoms with Gasteiger partial charge in [0.15, 0.2) is 0 Å². The molecule has 0 N–H and O–H groups in total. The van der Waals surface area contributed by atoms with Gasteiger partial charge in [0.05, 0.1) is 11.2 Å². The van der Waals surface area contributed by atoms with Gasteiger partial charge in [0.2, 0.25) is 0 Å². The minimum atomic E-state index is 0.960. The minimum Gasteiger partial charge on any atom is -0.256 e. The van der Waals surface area contributed by atoms with Crippen molar-refractivity contribution in [2.45, 2.75) is 0 Å². The molecule has 2 nitrogen and oxygen atoms in total. The highest BCUT2D eigenvalue weighted by atomic mass is 14.7. The Bertz CT molecular complexity index is 3120. The van der Waals surface area contributed by atoms with Crippen LogP contribution in [0.15, 0.2) is 170 Å². The molecule has 0 saturated carbocycles. The van der Waals surface area contributed by atoms with Crippen LogP contribution < -0.4 is 0 Å². The molecule has 0 aliphatic carbocycles. The van der Waals surface area contributed by atoms with Gasteiger partial charge in [-0.2, -0.15) is 0 Å². The minimum absolute atomic E-state index is 0.960. The van der Waals surface area contributed by atoms with E-state index in [1.165, 1.54) is 75.8 Å². The first kappa shape index (κ1) is 27.3. The van der Waals surface area contributed by atoms with E-state index in [9.17, 15) is 0 Å². The zero-order valence-corrected chi connectivity index (χ0v) is 27.1. The molecule has 0 fully saturated rings. The Kier molecular flexibility index (Phi) is 5.70. The number of rotatable bonds is 3. The lowest BCUT2D eigenvalue weighted by molar-refractivity contribution is 1.32. The molecule has 0 radical (unpaired) electrons. The zero-order chi connectivity index (χ0) is 32.8. The standard InChI is InChI=1S/C48H28N2/c1-5-31-16-17-32-7-3-11-41-42-27-38(26-36-19-18-33-6-2-10-40(46(33)48(36)42)39(9-1)45(31)47(32)41)29-12-14-30(15-13-29)43-23-21-37(28-50-43)34-20-22-44-35(25-34)8-4-24-49-44/h1-28H. The van der Waals surface area contributed by atoms with Crippen molar-refractivity contribution in [1.82, 2.24) is 9.97 Å². The topological polar surface area (TPSA) is 25.8 Å². The highest BCUT2D eigenvalue weighted by Crippen LogP contribution is 2.44. The average molecular weight is 633 g/mol. The number of hydrogen-bond donors (Lipinski definition) is 0. The lowest BCUT2D eigenvalue weighted by Gasteiger charge is -2.17. The van der Waals surface area contributed by atoms with Gasteiger partial charge in [-0.3, -0.25) is 9.97 Å². The van der Waals surface area contributed by atoms with E-state index in [1.54, 1.807) is 0 Å². The third-order valence-corrected chi connectivity index (χ3v) is 10.6. The first-order chi connectivity index (χ1) is 24.8. The second-order valence-corrected chi connectivity index (χ2v) is 13.4. The quantitative estimate of drug-likeness (QED) is 0.181. The second-order valence-electron chi connectivity index (χ2n) is 13.4. The molecule has 2 heterocycles. The third-order valence-electron chi connectivity index (χ3n) is 10.6. The maximum absolute atomic E-state index is 4.87. The number of hydrogen-bond acceptors (Lipinski definition) is 2. The molecule has 0 spiro atoms. The van der Waals surface area contributed by atoms with Crippen molar-refractivity contribution in [2.24, 2.45) is 0 Å². The van der Waals surface area contributed by atoms with Crippen molar-refractivity contribution < 1.29 is 0 Å². The Morgan fingerprint density at radius 2 is 0.840 bits per heavy atom. The summed E-state index contributed by atoms with van der Waals surface area (Å²) in [5.74, 6) is 0. The fraction of sp³-hybridized carbons (Fsp3) is 0. The number of aromatic nitrogens is 2. The summed E-state index contributed by atoms with van der Waals surface area (Å²) in [4.78, 5) is 9.33. The largest absolute Gasteiger partial charge is 0.256 e. The normalized spacial score (nSPS) is 12.0.